The van der Waals surface area contributed by atoms with E-state index in [1.54, 1.807) is 4.90 Å². The Morgan fingerprint density at radius 2 is 1.59 bits per heavy atom. The van der Waals surface area contributed by atoms with Crippen LogP contribution in [0.2, 0.25) is 0 Å². The Labute approximate surface area is 221 Å². The zero-order chi connectivity index (χ0) is 26.8. The van der Waals surface area contributed by atoms with Crippen LogP contribution < -0.4 is 10.1 Å². The van der Waals surface area contributed by atoms with Gasteiger partial charge in [-0.15, -0.1) is 0 Å². The van der Waals surface area contributed by atoms with Crippen molar-refractivity contribution in [1.82, 2.24) is 10.2 Å². The van der Waals surface area contributed by atoms with E-state index in [-0.39, 0.29) is 18.4 Å². The molecule has 196 valence electrons. The van der Waals surface area contributed by atoms with Gasteiger partial charge in [-0.25, -0.2) is 0 Å². The van der Waals surface area contributed by atoms with Crippen molar-refractivity contribution in [2.75, 3.05) is 13.2 Å². The summed E-state index contributed by atoms with van der Waals surface area (Å²) in [5.74, 6) is 0.346. The van der Waals surface area contributed by atoms with E-state index >= 15 is 0 Å². The first-order chi connectivity index (χ1) is 17.8. The van der Waals surface area contributed by atoms with Gasteiger partial charge in [0.2, 0.25) is 5.91 Å². The first kappa shape index (κ1) is 28.0. The first-order valence-electron chi connectivity index (χ1n) is 13.2. The number of nitrogens with one attached hydrogen (secondary N) is 1. The molecule has 37 heavy (non-hydrogen) atoms. The van der Waals surface area contributed by atoms with Crippen LogP contribution in [-0.2, 0) is 22.6 Å². The molecule has 0 saturated carbocycles. The largest absolute Gasteiger partial charge is 0.483 e. The van der Waals surface area contributed by atoms with Crippen LogP contribution >= 0.6 is 0 Å². The molecule has 0 aromatic heterocycles. The molecule has 5 nitrogen and oxygen atoms in total. The van der Waals surface area contributed by atoms with E-state index < -0.39 is 6.04 Å². The summed E-state index contributed by atoms with van der Waals surface area (Å²) in [6.45, 7) is 11.0. The highest BCUT2D eigenvalue weighted by molar-refractivity contribution is 5.88. The van der Waals surface area contributed by atoms with Crippen molar-refractivity contribution in [3.63, 3.8) is 0 Å². The van der Waals surface area contributed by atoms with Gasteiger partial charge in [0.05, 0.1) is 0 Å². The van der Waals surface area contributed by atoms with Gasteiger partial charge >= 0.3 is 0 Å². The molecule has 3 aromatic rings. The average Bonchev–Trinajstić information content (AvgIpc) is 2.89. The molecule has 0 bridgehead atoms. The molecular formula is C32H40N2O3. The third kappa shape index (κ3) is 8.21. The van der Waals surface area contributed by atoms with Gasteiger partial charge in [0, 0.05) is 19.5 Å². The molecule has 0 aliphatic rings. The number of hydrogen-bond acceptors (Lipinski definition) is 3. The highest BCUT2D eigenvalue weighted by Gasteiger charge is 2.30. The van der Waals surface area contributed by atoms with Crippen LogP contribution in [0.3, 0.4) is 0 Å². The van der Waals surface area contributed by atoms with E-state index in [0.717, 1.165) is 46.2 Å². The third-order valence-electron chi connectivity index (χ3n) is 6.69. The molecule has 0 saturated heterocycles. The van der Waals surface area contributed by atoms with Crippen LogP contribution in [0.4, 0.5) is 0 Å². The van der Waals surface area contributed by atoms with Gasteiger partial charge in [0.1, 0.15) is 11.8 Å². The average molecular weight is 501 g/mol. The second-order valence-corrected chi connectivity index (χ2v) is 9.85. The van der Waals surface area contributed by atoms with Crippen LogP contribution in [-0.4, -0.2) is 35.9 Å². The molecule has 3 rings (SSSR count). The Morgan fingerprint density at radius 1 is 0.892 bits per heavy atom. The predicted molar refractivity (Wildman–Crippen MR) is 150 cm³/mol. The molecule has 0 aliphatic heterocycles. The SMILES string of the molecule is CCCCNC(=O)[C@@H](Cc1ccccc1)N(Cc1ccc(C)cc1)C(=O)COc1cc(C)cc(C)c1C. The van der Waals surface area contributed by atoms with Crippen molar-refractivity contribution < 1.29 is 14.3 Å². The summed E-state index contributed by atoms with van der Waals surface area (Å²) in [6.07, 6.45) is 2.31. The number of amides is 2. The zero-order valence-corrected chi connectivity index (χ0v) is 22.8. The number of hydrogen-bond donors (Lipinski definition) is 1. The third-order valence-corrected chi connectivity index (χ3v) is 6.69. The van der Waals surface area contributed by atoms with E-state index in [1.165, 1.54) is 0 Å². The van der Waals surface area contributed by atoms with E-state index in [0.29, 0.717) is 25.3 Å². The summed E-state index contributed by atoms with van der Waals surface area (Å²) in [7, 11) is 0. The van der Waals surface area contributed by atoms with Gasteiger partial charge in [-0.05, 0) is 68.0 Å². The molecule has 0 radical (unpaired) electrons. The summed E-state index contributed by atoms with van der Waals surface area (Å²) < 4.78 is 6.05. The highest BCUT2D eigenvalue weighted by Crippen LogP contribution is 2.24. The number of nitrogens with zero attached hydrogens (tertiary/aromatic N) is 1. The van der Waals surface area contributed by atoms with E-state index in [1.807, 2.05) is 88.4 Å². The minimum atomic E-state index is -0.656. The molecular weight excluding hydrogens is 460 g/mol. The highest BCUT2D eigenvalue weighted by atomic mass is 16.5. The summed E-state index contributed by atoms with van der Waals surface area (Å²) in [4.78, 5) is 28.9. The van der Waals surface area contributed by atoms with Crippen molar-refractivity contribution in [2.24, 2.45) is 0 Å². The smallest absolute Gasteiger partial charge is 0.261 e. The first-order valence-corrected chi connectivity index (χ1v) is 13.2. The van der Waals surface area contributed by atoms with Crippen LogP contribution in [0, 0.1) is 27.7 Å². The molecule has 1 atom stereocenters. The summed E-state index contributed by atoms with van der Waals surface area (Å²) in [6, 6.07) is 21.3. The van der Waals surface area contributed by atoms with Crippen LogP contribution in [0.25, 0.3) is 0 Å². The van der Waals surface area contributed by atoms with Crippen molar-refractivity contribution >= 4 is 11.8 Å². The second-order valence-electron chi connectivity index (χ2n) is 9.85. The second kappa shape index (κ2) is 13.6. The number of carbonyl (C=O) groups is 2. The molecule has 0 unspecified atom stereocenters. The number of unbranched alkanes of at least 4 members (excludes halogenated alkanes) is 1. The minimum Gasteiger partial charge on any atom is -0.483 e. The van der Waals surface area contributed by atoms with E-state index in [2.05, 4.69) is 18.3 Å². The maximum absolute atomic E-state index is 13.8. The summed E-state index contributed by atoms with van der Waals surface area (Å²) >= 11 is 0. The van der Waals surface area contributed by atoms with Gasteiger partial charge in [-0.2, -0.15) is 0 Å². The number of benzene rings is 3. The minimum absolute atomic E-state index is 0.136. The monoisotopic (exact) mass is 500 g/mol. The van der Waals surface area contributed by atoms with Gasteiger partial charge in [0.25, 0.3) is 5.91 Å². The quantitative estimate of drug-likeness (QED) is 0.317. The molecule has 0 spiro atoms. The van der Waals surface area contributed by atoms with E-state index in [4.69, 9.17) is 4.74 Å². The lowest BCUT2D eigenvalue weighted by molar-refractivity contribution is -0.142. The lowest BCUT2D eigenvalue weighted by Crippen LogP contribution is -2.51. The Balaban J connectivity index is 1.91. The Morgan fingerprint density at radius 3 is 2.27 bits per heavy atom. The fourth-order valence-corrected chi connectivity index (χ4v) is 4.32. The van der Waals surface area contributed by atoms with Crippen molar-refractivity contribution in [1.29, 1.82) is 0 Å². The van der Waals surface area contributed by atoms with Crippen LogP contribution in [0.5, 0.6) is 5.75 Å². The van der Waals surface area contributed by atoms with Crippen LogP contribution in [0.1, 0.15) is 53.1 Å². The van der Waals surface area contributed by atoms with Gasteiger partial charge in [0.15, 0.2) is 6.61 Å². The number of carbonyl (C=O) groups excluding carboxylic acids is 2. The molecule has 0 fully saturated rings. The molecule has 0 heterocycles. The van der Waals surface area contributed by atoms with Crippen molar-refractivity contribution in [3.05, 3.63) is 100 Å². The molecule has 2 amide bonds. The number of rotatable bonds is 12. The predicted octanol–water partition coefficient (Wildman–Crippen LogP) is 5.86. The Hall–Kier alpha value is -3.60. The fraction of sp³-hybridized carbons (Fsp3) is 0.375. The summed E-state index contributed by atoms with van der Waals surface area (Å²) in [5, 5.41) is 3.06. The molecule has 5 heteroatoms. The number of aryl methyl sites for hydroxylation is 3. The fourth-order valence-electron chi connectivity index (χ4n) is 4.32. The Bertz CT molecular complexity index is 1170. The molecule has 1 N–H and O–H groups in total. The van der Waals surface area contributed by atoms with E-state index in [9.17, 15) is 9.59 Å². The van der Waals surface area contributed by atoms with Gasteiger partial charge < -0.3 is 15.0 Å². The van der Waals surface area contributed by atoms with Gasteiger partial charge in [-0.3, -0.25) is 9.59 Å². The van der Waals surface area contributed by atoms with Gasteiger partial charge in [-0.1, -0.05) is 79.6 Å². The maximum atomic E-state index is 13.8. The normalized spacial score (nSPS) is 11.6. The molecule has 3 aromatic carbocycles. The summed E-state index contributed by atoms with van der Waals surface area (Å²) in [5.41, 5.74) is 6.34. The Kier molecular flexibility index (Phi) is 10.3. The maximum Gasteiger partial charge on any atom is 0.261 e. The molecule has 0 aliphatic carbocycles. The standard InChI is InChI=1S/C32H40N2O3/c1-6-7-17-33-32(36)29(20-27-11-9-8-10-12-27)34(21-28-15-13-23(2)14-16-28)31(35)22-37-30-19-24(3)18-25(4)26(30)5/h8-16,18-19,29H,6-7,17,20-22H2,1-5H3,(H,33,36)/t29-/m1/s1. The number of ether oxygens (including phenoxy) is 1. The lowest BCUT2D eigenvalue weighted by Gasteiger charge is -2.31. The lowest BCUT2D eigenvalue weighted by atomic mass is 10.0. The zero-order valence-electron chi connectivity index (χ0n) is 22.8. The van der Waals surface area contributed by atoms with Crippen LogP contribution in [0.15, 0.2) is 66.7 Å². The topological polar surface area (TPSA) is 58.6 Å². The van der Waals surface area contributed by atoms with Crippen molar-refractivity contribution in [3.8, 4) is 5.75 Å². The van der Waals surface area contributed by atoms with Crippen molar-refractivity contribution in [2.45, 2.75) is 66.5 Å².